The van der Waals surface area contributed by atoms with Gasteiger partial charge in [0, 0.05) is 36.4 Å². The average molecular weight is 499 g/mol. The highest BCUT2D eigenvalue weighted by atomic mass is 19.4. The monoisotopic (exact) mass is 499 g/mol. The number of pyridine rings is 1. The number of aryl methyl sites for hydroxylation is 2. The first-order valence-corrected chi connectivity index (χ1v) is 11.0. The lowest BCUT2D eigenvalue weighted by atomic mass is 9.90. The van der Waals surface area contributed by atoms with Gasteiger partial charge in [-0.3, -0.25) is 9.48 Å². The first-order valence-electron chi connectivity index (χ1n) is 11.0. The molecular weight excluding hydrogens is 476 g/mol. The number of halogens is 6. The molecule has 1 aliphatic rings. The van der Waals surface area contributed by atoms with Crippen molar-refractivity contribution >= 4 is 22.5 Å². The van der Waals surface area contributed by atoms with Crippen molar-refractivity contribution in [2.45, 2.75) is 57.0 Å². The molecule has 188 valence electrons. The number of benzene rings is 1. The molecule has 2 aromatic heterocycles. The van der Waals surface area contributed by atoms with Crippen molar-refractivity contribution in [1.29, 1.82) is 0 Å². The van der Waals surface area contributed by atoms with Crippen LogP contribution in [0.25, 0.3) is 10.9 Å². The number of anilines is 1. The number of nitrogens with one attached hydrogen (secondary N) is 2. The highest BCUT2D eigenvalue weighted by molar-refractivity contribution is 5.95. The molecule has 1 aliphatic carbocycles. The second kappa shape index (κ2) is 9.04. The predicted molar refractivity (Wildman–Crippen MR) is 117 cm³/mol. The van der Waals surface area contributed by atoms with Crippen LogP contribution in [0.5, 0.6) is 0 Å². The Bertz CT molecular complexity index is 1250. The van der Waals surface area contributed by atoms with Crippen molar-refractivity contribution in [3.05, 3.63) is 53.0 Å². The van der Waals surface area contributed by atoms with Gasteiger partial charge in [-0.2, -0.15) is 31.4 Å². The standard InChI is InChI=1S/C23H23F6N5O/c1-12-6-7-17-15(8-12)18(10-19(32-17)22(24,25)26)30-13-4-3-5-14(9-13)31-21(35)16-11-34(2)33-20(16)23(27,28)29/h6-8,10-11,13-14H,3-5,9H2,1-2H3,(H,30,32)(H,31,35)/t13-,14+/m0/s1. The molecule has 1 amide bonds. The Balaban J connectivity index is 1.54. The summed E-state index contributed by atoms with van der Waals surface area (Å²) in [7, 11) is 1.29. The molecule has 0 bridgehead atoms. The molecule has 1 saturated carbocycles. The summed E-state index contributed by atoms with van der Waals surface area (Å²) in [5.74, 6) is -0.889. The van der Waals surface area contributed by atoms with Crippen LogP contribution in [0.3, 0.4) is 0 Å². The fourth-order valence-electron chi connectivity index (χ4n) is 4.40. The van der Waals surface area contributed by atoms with Gasteiger partial charge >= 0.3 is 12.4 Å². The van der Waals surface area contributed by atoms with Crippen LogP contribution in [0, 0.1) is 6.92 Å². The summed E-state index contributed by atoms with van der Waals surface area (Å²) in [4.78, 5) is 16.3. The largest absolute Gasteiger partial charge is 0.435 e. The van der Waals surface area contributed by atoms with Gasteiger partial charge in [0.15, 0.2) is 5.69 Å². The Morgan fingerprint density at radius 3 is 2.46 bits per heavy atom. The van der Waals surface area contributed by atoms with Crippen molar-refractivity contribution in [2.24, 2.45) is 7.05 Å². The first kappa shape index (κ1) is 24.8. The summed E-state index contributed by atoms with van der Waals surface area (Å²) in [6.07, 6.45) is -6.25. The van der Waals surface area contributed by atoms with Crippen LogP contribution >= 0.6 is 0 Å². The number of aromatic nitrogens is 3. The number of hydrogen-bond donors (Lipinski definition) is 2. The molecule has 1 aromatic carbocycles. The molecule has 4 rings (SSSR count). The molecule has 0 spiro atoms. The van der Waals surface area contributed by atoms with Gasteiger partial charge in [0.25, 0.3) is 5.91 Å². The molecule has 2 atom stereocenters. The Hall–Kier alpha value is -3.31. The molecule has 12 heteroatoms. The molecule has 1 fully saturated rings. The van der Waals surface area contributed by atoms with Crippen LogP contribution in [0.15, 0.2) is 30.5 Å². The quantitative estimate of drug-likeness (QED) is 0.468. The van der Waals surface area contributed by atoms with E-state index in [1.54, 1.807) is 12.1 Å². The van der Waals surface area contributed by atoms with E-state index in [1.165, 1.54) is 13.1 Å². The normalized spacial score (nSPS) is 19.1. The number of hydrogen-bond acceptors (Lipinski definition) is 4. The number of amides is 1. The van der Waals surface area contributed by atoms with Crippen molar-refractivity contribution < 1.29 is 31.1 Å². The summed E-state index contributed by atoms with van der Waals surface area (Å²) in [6, 6.07) is 5.17. The van der Waals surface area contributed by atoms with Gasteiger partial charge in [-0.1, -0.05) is 11.6 Å². The Kier molecular flexibility index (Phi) is 6.41. The second-order valence-electron chi connectivity index (χ2n) is 8.81. The fourth-order valence-corrected chi connectivity index (χ4v) is 4.40. The topological polar surface area (TPSA) is 71.8 Å². The molecule has 0 unspecified atom stereocenters. The Labute approximate surface area is 196 Å². The van der Waals surface area contributed by atoms with Crippen molar-refractivity contribution in [2.75, 3.05) is 5.32 Å². The third-order valence-electron chi connectivity index (χ3n) is 5.97. The first-order chi connectivity index (χ1) is 16.3. The smallest absolute Gasteiger partial charge is 0.382 e. The second-order valence-corrected chi connectivity index (χ2v) is 8.81. The van der Waals surface area contributed by atoms with Gasteiger partial charge in [-0.25, -0.2) is 4.98 Å². The summed E-state index contributed by atoms with van der Waals surface area (Å²) < 4.78 is 80.8. The predicted octanol–water partition coefficient (Wildman–Crippen LogP) is 5.47. The van der Waals surface area contributed by atoms with E-state index in [0.717, 1.165) is 22.5 Å². The Morgan fingerprint density at radius 2 is 1.77 bits per heavy atom. The molecule has 35 heavy (non-hydrogen) atoms. The number of alkyl halides is 6. The maximum absolute atomic E-state index is 13.4. The number of nitrogens with zero attached hydrogens (tertiary/aromatic N) is 3. The minimum absolute atomic E-state index is 0.199. The van der Waals surface area contributed by atoms with Crippen LogP contribution < -0.4 is 10.6 Å². The van der Waals surface area contributed by atoms with Crippen molar-refractivity contribution in [3.8, 4) is 0 Å². The van der Waals surface area contributed by atoms with E-state index in [2.05, 4.69) is 20.7 Å². The lowest BCUT2D eigenvalue weighted by molar-refractivity contribution is -0.142. The zero-order valence-electron chi connectivity index (χ0n) is 18.9. The lowest BCUT2D eigenvalue weighted by Gasteiger charge is -2.31. The van der Waals surface area contributed by atoms with E-state index in [1.807, 2.05) is 6.92 Å². The van der Waals surface area contributed by atoms with Gasteiger partial charge in [0.05, 0.1) is 11.1 Å². The molecule has 6 nitrogen and oxygen atoms in total. The van der Waals surface area contributed by atoms with Crippen LogP contribution in [0.2, 0.25) is 0 Å². The van der Waals surface area contributed by atoms with Crippen LogP contribution in [-0.4, -0.2) is 32.8 Å². The number of rotatable bonds is 4. The van der Waals surface area contributed by atoms with E-state index in [9.17, 15) is 31.1 Å². The maximum atomic E-state index is 13.4. The Morgan fingerprint density at radius 1 is 1.06 bits per heavy atom. The van der Waals surface area contributed by atoms with E-state index in [-0.39, 0.29) is 17.2 Å². The molecule has 0 saturated heterocycles. The lowest BCUT2D eigenvalue weighted by Crippen LogP contribution is -2.42. The number of fused-ring (bicyclic) bond motifs is 1. The van der Waals surface area contributed by atoms with Gasteiger partial charge < -0.3 is 10.6 Å². The highest BCUT2D eigenvalue weighted by Gasteiger charge is 2.39. The van der Waals surface area contributed by atoms with E-state index < -0.39 is 41.3 Å². The average Bonchev–Trinajstić information content (AvgIpc) is 3.16. The summed E-state index contributed by atoms with van der Waals surface area (Å²) in [5, 5.41) is 9.68. The zero-order chi connectivity index (χ0) is 25.5. The number of carbonyl (C=O) groups excluding carboxylic acids is 1. The zero-order valence-corrected chi connectivity index (χ0v) is 18.9. The third kappa shape index (κ3) is 5.51. The molecule has 0 aliphatic heterocycles. The van der Waals surface area contributed by atoms with Crippen LogP contribution in [-0.2, 0) is 19.4 Å². The molecule has 0 radical (unpaired) electrons. The summed E-state index contributed by atoms with van der Waals surface area (Å²) >= 11 is 0. The SMILES string of the molecule is Cc1ccc2nc(C(F)(F)F)cc(N[C@H]3CCC[C@@H](NC(=O)c4cn(C)nc4C(F)(F)F)C3)c2c1. The molecular formula is C23H23F6N5O. The summed E-state index contributed by atoms with van der Waals surface area (Å²) in [5.41, 5.74) is -1.53. The van der Waals surface area contributed by atoms with Crippen LogP contribution in [0.1, 0.15) is 53.0 Å². The highest BCUT2D eigenvalue weighted by Crippen LogP contribution is 2.35. The fraction of sp³-hybridized carbons (Fsp3) is 0.435. The molecule has 2 N–H and O–H groups in total. The van der Waals surface area contributed by atoms with E-state index >= 15 is 0 Å². The molecule has 2 heterocycles. The van der Waals surface area contributed by atoms with Gasteiger partial charge in [0.2, 0.25) is 0 Å². The van der Waals surface area contributed by atoms with Gasteiger partial charge in [-0.05, 0) is 50.8 Å². The number of carbonyl (C=O) groups is 1. The van der Waals surface area contributed by atoms with E-state index in [4.69, 9.17) is 0 Å². The third-order valence-corrected chi connectivity index (χ3v) is 5.97. The summed E-state index contributed by atoms with van der Waals surface area (Å²) in [6.45, 7) is 1.82. The van der Waals surface area contributed by atoms with Crippen molar-refractivity contribution in [1.82, 2.24) is 20.1 Å². The van der Waals surface area contributed by atoms with Gasteiger partial charge in [-0.15, -0.1) is 0 Å². The van der Waals surface area contributed by atoms with Crippen molar-refractivity contribution in [3.63, 3.8) is 0 Å². The van der Waals surface area contributed by atoms with Gasteiger partial charge in [0.1, 0.15) is 5.69 Å². The molecule has 3 aromatic rings. The van der Waals surface area contributed by atoms with E-state index in [0.29, 0.717) is 31.1 Å². The minimum atomic E-state index is -4.78. The van der Waals surface area contributed by atoms with Crippen LogP contribution in [0.4, 0.5) is 32.0 Å². The maximum Gasteiger partial charge on any atom is 0.435 e. The minimum Gasteiger partial charge on any atom is -0.382 e.